The summed E-state index contributed by atoms with van der Waals surface area (Å²) in [4.78, 5) is 27.0. The Morgan fingerprint density at radius 2 is 1.64 bits per heavy atom. The van der Waals surface area contributed by atoms with Crippen LogP contribution in [0.15, 0.2) is 65.6 Å². The van der Waals surface area contributed by atoms with Crippen LogP contribution in [0.2, 0.25) is 5.02 Å². The van der Waals surface area contributed by atoms with Gasteiger partial charge in [-0.05, 0) is 58.3 Å². The Bertz CT molecular complexity index is 1270. The minimum atomic E-state index is -0.349. The van der Waals surface area contributed by atoms with E-state index in [1.165, 1.54) is 4.90 Å². The number of benzene rings is 3. The summed E-state index contributed by atoms with van der Waals surface area (Å²) in [6.07, 6.45) is 1.73. The monoisotopic (exact) mass is 479 g/mol. The van der Waals surface area contributed by atoms with Crippen molar-refractivity contribution in [1.82, 2.24) is 4.90 Å². The molecule has 0 unspecified atom stereocenters. The number of carbonyl (C=O) groups is 2. The molecule has 6 nitrogen and oxygen atoms in total. The molecule has 0 atom stereocenters. The van der Waals surface area contributed by atoms with E-state index >= 15 is 0 Å². The van der Waals surface area contributed by atoms with E-state index in [-0.39, 0.29) is 24.5 Å². The van der Waals surface area contributed by atoms with Crippen LogP contribution in [0.1, 0.15) is 11.1 Å². The van der Waals surface area contributed by atoms with Crippen LogP contribution in [0.5, 0.6) is 17.2 Å². The van der Waals surface area contributed by atoms with Crippen molar-refractivity contribution >= 4 is 40.6 Å². The van der Waals surface area contributed by atoms with Gasteiger partial charge in [0.1, 0.15) is 5.75 Å². The van der Waals surface area contributed by atoms with E-state index in [9.17, 15) is 9.59 Å². The highest BCUT2D eigenvalue weighted by Crippen LogP contribution is 2.39. The fraction of sp³-hybridized carbons (Fsp3) is 0.120. The van der Waals surface area contributed by atoms with Gasteiger partial charge in [0, 0.05) is 11.1 Å². The number of halogens is 1. The van der Waals surface area contributed by atoms with Crippen LogP contribution >= 0.6 is 23.4 Å². The number of rotatable bonds is 5. The Morgan fingerprint density at radius 1 is 1.00 bits per heavy atom. The predicted octanol–water partition coefficient (Wildman–Crippen LogP) is 5.98. The second-order valence-corrected chi connectivity index (χ2v) is 8.82. The molecule has 0 bridgehead atoms. The summed E-state index contributed by atoms with van der Waals surface area (Å²) in [7, 11) is 1.63. The molecular formula is C25H18ClNO5S. The molecule has 0 saturated carbocycles. The van der Waals surface area contributed by atoms with E-state index in [4.69, 9.17) is 25.8 Å². The van der Waals surface area contributed by atoms with Crippen molar-refractivity contribution < 1.29 is 23.8 Å². The van der Waals surface area contributed by atoms with Crippen LogP contribution in [-0.2, 0) is 11.3 Å². The Kier molecular flexibility index (Phi) is 5.74. The summed E-state index contributed by atoms with van der Waals surface area (Å²) in [5.74, 6) is 1.55. The molecule has 5 rings (SSSR count). The van der Waals surface area contributed by atoms with Gasteiger partial charge < -0.3 is 14.2 Å². The average molecular weight is 480 g/mol. The summed E-state index contributed by atoms with van der Waals surface area (Å²) in [5, 5.41) is 0.0752. The number of hydrogen-bond acceptors (Lipinski definition) is 6. The molecule has 1 fully saturated rings. The molecule has 8 heteroatoms. The first-order chi connectivity index (χ1) is 16.0. The van der Waals surface area contributed by atoms with Crippen molar-refractivity contribution in [3.63, 3.8) is 0 Å². The molecule has 3 aromatic rings. The SMILES string of the molecule is COc1ccc(-c2ccc(/C=C3\SC(=O)N(Cc4cc5c(cc4Cl)OCO5)C3=O)cc2)cc1. The van der Waals surface area contributed by atoms with Crippen molar-refractivity contribution in [2.45, 2.75) is 6.54 Å². The molecule has 0 spiro atoms. The number of ether oxygens (including phenoxy) is 3. The molecule has 2 aliphatic rings. The number of carbonyl (C=O) groups excluding carboxylic acids is 2. The van der Waals surface area contributed by atoms with Gasteiger partial charge in [-0.15, -0.1) is 0 Å². The Balaban J connectivity index is 1.32. The molecule has 33 heavy (non-hydrogen) atoms. The number of imide groups is 1. The average Bonchev–Trinajstić information content (AvgIpc) is 3.39. The van der Waals surface area contributed by atoms with Crippen molar-refractivity contribution in [3.8, 4) is 28.4 Å². The molecule has 0 N–H and O–H groups in total. The number of fused-ring (bicyclic) bond motifs is 1. The highest BCUT2D eigenvalue weighted by molar-refractivity contribution is 8.18. The molecule has 1 saturated heterocycles. The van der Waals surface area contributed by atoms with E-state index in [0.717, 1.165) is 34.2 Å². The third-order valence-electron chi connectivity index (χ3n) is 5.38. The second-order valence-electron chi connectivity index (χ2n) is 7.42. The lowest BCUT2D eigenvalue weighted by atomic mass is 10.0. The number of amides is 2. The van der Waals surface area contributed by atoms with Gasteiger partial charge in [0.25, 0.3) is 11.1 Å². The number of methoxy groups -OCH3 is 1. The lowest BCUT2D eigenvalue weighted by molar-refractivity contribution is -0.123. The predicted molar refractivity (Wildman–Crippen MR) is 128 cm³/mol. The largest absolute Gasteiger partial charge is 0.497 e. The van der Waals surface area contributed by atoms with Gasteiger partial charge in [0.05, 0.1) is 18.6 Å². The maximum atomic E-state index is 12.9. The van der Waals surface area contributed by atoms with Gasteiger partial charge in [0.2, 0.25) is 6.79 Å². The highest BCUT2D eigenvalue weighted by atomic mass is 35.5. The smallest absolute Gasteiger partial charge is 0.293 e. The van der Waals surface area contributed by atoms with E-state index in [0.29, 0.717) is 27.0 Å². The molecule has 2 amide bonds. The minimum absolute atomic E-state index is 0.0634. The number of hydrogen-bond donors (Lipinski definition) is 0. The van der Waals surface area contributed by atoms with Gasteiger partial charge >= 0.3 is 0 Å². The molecule has 2 heterocycles. The molecule has 0 aromatic heterocycles. The van der Waals surface area contributed by atoms with E-state index in [2.05, 4.69) is 0 Å². The molecule has 166 valence electrons. The van der Waals surface area contributed by atoms with Crippen LogP contribution in [0, 0.1) is 0 Å². The standard InChI is InChI=1S/C25H18ClNO5S/c1-30-19-8-6-17(7-9-19)16-4-2-15(3-5-16)10-23-24(28)27(25(29)33-23)13-18-11-21-22(12-20(18)26)32-14-31-21/h2-12H,13-14H2,1H3/b23-10-. The van der Waals surface area contributed by atoms with Crippen LogP contribution in [0.25, 0.3) is 17.2 Å². The Hall–Kier alpha value is -3.42. The van der Waals surface area contributed by atoms with Crippen LogP contribution in [0.3, 0.4) is 0 Å². The van der Waals surface area contributed by atoms with Crippen molar-refractivity contribution in [1.29, 1.82) is 0 Å². The highest BCUT2D eigenvalue weighted by Gasteiger charge is 2.35. The molecular weight excluding hydrogens is 462 g/mol. The first-order valence-electron chi connectivity index (χ1n) is 10.1. The maximum Gasteiger partial charge on any atom is 0.293 e. The van der Waals surface area contributed by atoms with E-state index in [1.807, 2.05) is 48.5 Å². The second kappa shape index (κ2) is 8.84. The zero-order chi connectivity index (χ0) is 22.9. The Labute approximate surface area is 199 Å². The summed E-state index contributed by atoms with van der Waals surface area (Å²) in [6.45, 7) is 0.185. The maximum absolute atomic E-state index is 12.9. The number of thioether (sulfide) groups is 1. The number of nitrogens with zero attached hydrogens (tertiary/aromatic N) is 1. The van der Waals surface area contributed by atoms with Gasteiger partial charge in [-0.25, -0.2) is 0 Å². The topological polar surface area (TPSA) is 65.1 Å². The van der Waals surface area contributed by atoms with Crippen molar-refractivity contribution in [2.75, 3.05) is 13.9 Å². The molecule has 3 aromatic carbocycles. The summed E-state index contributed by atoms with van der Waals surface area (Å²) in [5.41, 5.74) is 3.55. The lowest BCUT2D eigenvalue weighted by Gasteiger charge is -2.14. The summed E-state index contributed by atoms with van der Waals surface area (Å²) >= 11 is 7.23. The van der Waals surface area contributed by atoms with E-state index < -0.39 is 0 Å². The summed E-state index contributed by atoms with van der Waals surface area (Å²) in [6, 6.07) is 18.9. The van der Waals surface area contributed by atoms with Crippen LogP contribution < -0.4 is 14.2 Å². The normalized spacial score (nSPS) is 16.1. The third kappa shape index (κ3) is 4.29. The van der Waals surface area contributed by atoms with E-state index in [1.54, 1.807) is 25.3 Å². The first kappa shape index (κ1) is 21.4. The third-order valence-corrected chi connectivity index (χ3v) is 6.63. The molecule has 0 aliphatic carbocycles. The van der Waals surface area contributed by atoms with Gasteiger partial charge in [-0.1, -0.05) is 48.0 Å². The molecule has 0 radical (unpaired) electrons. The van der Waals surface area contributed by atoms with Crippen LogP contribution in [-0.4, -0.2) is 29.9 Å². The van der Waals surface area contributed by atoms with Crippen LogP contribution in [0.4, 0.5) is 4.79 Å². The van der Waals surface area contributed by atoms with Crippen molar-refractivity contribution in [3.05, 3.63) is 81.7 Å². The Morgan fingerprint density at radius 3 is 2.30 bits per heavy atom. The first-order valence-corrected chi connectivity index (χ1v) is 11.3. The fourth-order valence-corrected chi connectivity index (χ4v) is 4.65. The minimum Gasteiger partial charge on any atom is -0.497 e. The molecule has 2 aliphatic heterocycles. The lowest BCUT2D eigenvalue weighted by Crippen LogP contribution is -2.27. The fourth-order valence-electron chi connectivity index (χ4n) is 3.59. The summed E-state index contributed by atoms with van der Waals surface area (Å²) < 4.78 is 15.9. The zero-order valence-electron chi connectivity index (χ0n) is 17.5. The van der Waals surface area contributed by atoms with Crippen molar-refractivity contribution in [2.24, 2.45) is 0 Å². The zero-order valence-corrected chi connectivity index (χ0v) is 19.1. The van der Waals surface area contributed by atoms with Gasteiger partial charge in [-0.3, -0.25) is 14.5 Å². The van der Waals surface area contributed by atoms with Gasteiger partial charge in [0.15, 0.2) is 11.5 Å². The quantitative estimate of drug-likeness (QED) is 0.419. The van der Waals surface area contributed by atoms with Gasteiger partial charge in [-0.2, -0.15) is 0 Å².